The van der Waals surface area contributed by atoms with E-state index < -0.39 is 86.8 Å². The summed E-state index contributed by atoms with van der Waals surface area (Å²) >= 11 is 0. The fourth-order valence-corrected chi connectivity index (χ4v) is 15.8. The van der Waals surface area contributed by atoms with Crippen LogP contribution in [-0.2, 0) is 23.7 Å². The second-order valence-corrected chi connectivity index (χ2v) is 33.1. The second kappa shape index (κ2) is 76.1. The van der Waals surface area contributed by atoms with E-state index in [1.807, 2.05) is 6.08 Å². The zero-order valence-corrected chi connectivity index (χ0v) is 69.5. The molecule has 0 radical (unpaired) electrons. The minimum Gasteiger partial charge on any atom is -0.394 e. The molecule has 628 valence electrons. The van der Waals surface area contributed by atoms with Gasteiger partial charge in [0.25, 0.3) is 0 Å². The van der Waals surface area contributed by atoms with E-state index in [0.29, 0.717) is 12.8 Å². The monoisotopic (exact) mass is 1500 g/mol. The minimum atomic E-state index is -1.79. The predicted octanol–water partition coefficient (Wildman–Crippen LogP) is 22.9. The van der Waals surface area contributed by atoms with E-state index in [0.717, 1.165) is 32.1 Å². The highest BCUT2D eigenvalue weighted by Crippen LogP contribution is 2.31. The first-order valence-electron chi connectivity index (χ1n) is 46.6. The summed E-state index contributed by atoms with van der Waals surface area (Å²) in [6.07, 6.45) is 84.7. The van der Waals surface area contributed by atoms with Gasteiger partial charge in [-0.1, -0.05) is 449 Å². The fourth-order valence-electron chi connectivity index (χ4n) is 15.8. The largest absolute Gasteiger partial charge is 0.394 e. The summed E-state index contributed by atoms with van der Waals surface area (Å²) < 4.78 is 23.0. The van der Waals surface area contributed by atoms with Crippen LogP contribution in [0, 0.1) is 0 Å². The maximum Gasteiger partial charge on any atom is 0.220 e. The molecule has 14 nitrogen and oxygen atoms in total. The Morgan fingerprint density at radius 2 is 0.604 bits per heavy atom. The quantitative estimate of drug-likeness (QED) is 0.0204. The Morgan fingerprint density at radius 1 is 0.330 bits per heavy atom. The van der Waals surface area contributed by atoms with Crippen molar-refractivity contribution in [3.05, 3.63) is 24.3 Å². The van der Waals surface area contributed by atoms with Gasteiger partial charge in [0, 0.05) is 6.42 Å². The minimum absolute atomic E-state index is 0.238. The first kappa shape index (κ1) is 101. The van der Waals surface area contributed by atoms with Crippen LogP contribution < -0.4 is 5.32 Å². The Balaban J connectivity index is 1.55. The van der Waals surface area contributed by atoms with Gasteiger partial charge in [-0.3, -0.25) is 4.79 Å². The number of allylic oxidation sites excluding steroid dienone is 3. The molecule has 1 amide bonds. The van der Waals surface area contributed by atoms with Crippen LogP contribution in [0.15, 0.2) is 24.3 Å². The summed E-state index contributed by atoms with van der Waals surface area (Å²) in [5.41, 5.74) is 0. The van der Waals surface area contributed by atoms with Crippen LogP contribution in [-0.4, -0.2) is 140 Å². The number of aliphatic hydroxyl groups is 8. The van der Waals surface area contributed by atoms with Gasteiger partial charge in [0.2, 0.25) is 5.91 Å². The summed E-state index contributed by atoms with van der Waals surface area (Å²) in [5.74, 6) is -0.238. The summed E-state index contributed by atoms with van der Waals surface area (Å²) in [6.45, 7) is 2.87. The highest BCUT2D eigenvalue weighted by molar-refractivity contribution is 5.76. The van der Waals surface area contributed by atoms with E-state index in [2.05, 4.69) is 31.3 Å². The van der Waals surface area contributed by atoms with Crippen molar-refractivity contribution in [1.29, 1.82) is 0 Å². The Hall–Kier alpha value is -1.53. The number of amides is 1. The van der Waals surface area contributed by atoms with E-state index in [4.69, 9.17) is 18.9 Å². The standard InChI is InChI=1S/C92H177NO13/c1-3-5-7-9-11-13-15-17-19-21-23-25-27-29-31-33-35-37-38-39-40-41-42-44-46-48-50-52-54-56-58-60-62-64-66-68-70-72-74-76-84(97)93-80(79-103-91-89(102)87(100)90(83(78-95)105-91)106-92-88(101)86(99)85(98)82(77-94)104-92)81(96)75-73-71-69-67-65-63-61-59-57-55-53-51-49-47-45-43-36-34-32-30-28-26-24-22-20-18-16-14-12-10-8-6-4-2/h65,67,73,75,80-83,85-92,94-96,98-102H,3-64,66,68-72,74,76-79H2,1-2H3,(H,93,97)/b67-65+,75-73+. The molecule has 14 heteroatoms. The summed E-state index contributed by atoms with van der Waals surface area (Å²) in [5, 5.41) is 87.9. The zero-order valence-electron chi connectivity index (χ0n) is 69.5. The molecule has 0 aromatic carbocycles. The van der Waals surface area contributed by atoms with E-state index in [9.17, 15) is 45.6 Å². The van der Waals surface area contributed by atoms with Crippen LogP contribution in [0.5, 0.6) is 0 Å². The molecule has 0 bridgehead atoms. The number of aliphatic hydroxyl groups excluding tert-OH is 8. The molecule has 2 rings (SSSR count). The number of carbonyl (C=O) groups excluding carboxylic acids is 1. The fraction of sp³-hybridized carbons (Fsp3) is 0.946. The Morgan fingerprint density at radius 3 is 0.925 bits per heavy atom. The van der Waals surface area contributed by atoms with Crippen LogP contribution in [0.1, 0.15) is 463 Å². The molecule has 2 heterocycles. The van der Waals surface area contributed by atoms with Crippen molar-refractivity contribution in [2.45, 2.75) is 537 Å². The highest BCUT2D eigenvalue weighted by atomic mass is 16.7. The lowest BCUT2D eigenvalue weighted by Gasteiger charge is -2.46. The molecule has 12 atom stereocenters. The molecule has 0 aromatic rings. The van der Waals surface area contributed by atoms with Crippen LogP contribution in [0.4, 0.5) is 0 Å². The topological polar surface area (TPSA) is 228 Å². The third-order valence-electron chi connectivity index (χ3n) is 23.1. The van der Waals surface area contributed by atoms with E-state index in [1.165, 1.54) is 398 Å². The molecule has 2 aliphatic rings. The molecule has 0 aliphatic carbocycles. The SMILES string of the molecule is CCCCCCCCCCCCCCCCCCCCCCCCCCCCC/C=C/CC/C=C/C(O)C(COC1OC(CO)C(OC2OC(CO)C(O)C(O)C2O)C(O)C1O)NC(=O)CCCCCCCCCCCCCCCCCCCCCCCCCCCCCCCCCCCCCCCCC. The number of nitrogens with one attached hydrogen (secondary N) is 1. The molecule has 2 fully saturated rings. The van der Waals surface area contributed by atoms with Gasteiger partial charge < -0.3 is 65.1 Å². The van der Waals surface area contributed by atoms with Crippen LogP contribution in [0.3, 0.4) is 0 Å². The lowest BCUT2D eigenvalue weighted by molar-refractivity contribution is -0.359. The maximum atomic E-state index is 13.4. The third kappa shape index (κ3) is 57.5. The van der Waals surface area contributed by atoms with Crippen molar-refractivity contribution in [1.82, 2.24) is 5.32 Å². The summed E-state index contributed by atoms with van der Waals surface area (Å²) in [6, 6.07) is -0.932. The van der Waals surface area contributed by atoms with Crippen molar-refractivity contribution in [3.8, 4) is 0 Å². The van der Waals surface area contributed by atoms with E-state index >= 15 is 0 Å². The summed E-state index contributed by atoms with van der Waals surface area (Å²) in [7, 11) is 0. The van der Waals surface area contributed by atoms with Crippen molar-refractivity contribution in [2.24, 2.45) is 0 Å². The Kier molecular flexibility index (Phi) is 72.2. The van der Waals surface area contributed by atoms with Gasteiger partial charge in [-0.25, -0.2) is 0 Å². The number of ether oxygens (including phenoxy) is 4. The number of rotatable bonds is 81. The Labute approximate surface area is 653 Å². The number of hydrogen-bond acceptors (Lipinski definition) is 13. The number of carbonyl (C=O) groups is 1. The Bertz CT molecular complexity index is 1870. The average Bonchev–Trinajstić information content (AvgIpc) is 0.789. The maximum absolute atomic E-state index is 13.4. The van der Waals surface area contributed by atoms with E-state index in [1.54, 1.807) is 6.08 Å². The lowest BCUT2D eigenvalue weighted by atomic mass is 9.97. The molecular weight excluding hydrogens is 1330 g/mol. The van der Waals surface area contributed by atoms with Crippen molar-refractivity contribution < 1.29 is 64.6 Å². The van der Waals surface area contributed by atoms with Gasteiger partial charge in [0.1, 0.15) is 48.8 Å². The van der Waals surface area contributed by atoms with E-state index in [-0.39, 0.29) is 18.9 Å². The van der Waals surface area contributed by atoms with Gasteiger partial charge in [-0.05, 0) is 32.1 Å². The van der Waals surface area contributed by atoms with Crippen molar-refractivity contribution >= 4 is 5.91 Å². The molecule has 2 saturated heterocycles. The number of unbranched alkanes of at least 4 members (excludes halogenated alkanes) is 66. The molecule has 9 N–H and O–H groups in total. The van der Waals surface area contributed by atoms with Crippen molar-refractivity contribution in [3.63, 3.8) is 0 Å². The molecular formula is C92H177NO13. The first-order chi connectivity index (χ1) is 52.1. The number of hydrogen-bond donors (Lipinski definition) is 9. The summed E-state index contributed by atoms with van der Waals surface area (Å²) in [4.78, 5) is 13.4. The third-order valence-corrected chi connectivity index (χ3v) is 23.1. The van der Waals surface area contributed by atoms with Gasteiger partial charge in [-0.15, -0.1) is 0 Å². The van der Waals surface area contributed by atoms with Crippen molar-refractivity contribution in [2.75, 3.05) is 19.8 Å². The molecule has 106 heavy (non-hydrogen) atoms. The van der Waals surface area contributed by atoms with Gasteiger partial charge in [0.15, 0.2) is 12.6 Å². The molecule has 0 spiro atoms. The molecule has 0 saturated carbocycles. The van der Waals surface area contributed by atoms with Gasteiger partial charge in [0.05, 0.1) is 32.0 Å². The smallest absolute Gasteiger partial charge is 0.220 e. The first-order valence-corrected chi connectivity index (χ1v) is 46.6. The molecule has 2 aliphatic heterocycles. The molecule has 12 unspecified atom stereocenters. The predicted molar refractivity (Wildman–Crippen MR) is 443 cm³/mol. The van der Waals surface area contributed by atoms with Crippen LogP contribution in [0.2, 0.25) is 0 Å². The van der Waals surface area contributed by atoms with Crippen LogP contribution in [0.25, 0.3) is 0 Å². The average molecular weight is 1510 g/mol. The van der Waals surface area contributed by atoms with Crippen LogP contribution >= 0.6 is 0 Å². The normalized spacial score (nSPS) is 21.3. The molecule has 0 aromatic heterocycles. The highest BCUT2D eigenvalue weighted by Gasteiger charge is 2.51. The second-order valence-electron chi connectivity index (χ2n) is 33.1. The van der Waals surface area contributed by atoms with Gasteiger partial charge >= 0.3 is 0 Å². The zero-order chi connectivity index (χ0) is 76.5. The lowest BCUT2D eigenvalue weighted by Crippen LogP contribution is -2.65. The van der Waals surface area contributed by atoms with Gasteiger partial charge in [-0.2, -0.15) is 0 Å².